The van der Waals surface area contributed by atoms with E-state index in [1.54, 1.807) is 12.1 Å². The summed E-state index contributed by atoms with van der Waals surface area (Å²) in [5.41, 5.74) is 1.05. The third-order valence-electron chi connectivity index (χ3n) is 2.32. The summed E-state index contributed by atoms with van der Waals surface area (Å²) >= 11 is 5.96. The Balaban J connectivity index is 3.37. The molecular weight excluding hydrogens is 256 g/mol. The molecule has 0 heterocycles. The summed E-state index contributed by atoms with van der Waals surface area (Å²) in [6, 6.07) is 4.72. The van der Waals surface area contributed by atoms with Crippen molar-refractivity contribution in [3.8, 4) is 0 Å². The van der Waals surface area contributed by atoms with Crippen molar-refractivity contribution in [2.75, 3.05) is 0 Å². The number of aldehydes is 1. The molecule has 1 N–H and O–H groups in total. The molecule has 1 aromatic rings. The summed E-state index contributed by atoms with van der Waals surface area (Å²) in [4.78, 5) is 32.7. The van der Waals surface area contributed by atoms with Gasteiger partial charge in [-0.25, -0.2) is 4.79 Å². The van der Waals surface area contributed by atoms with Crippen molar-refractivity contribution in [2.45, 2.75) is 12.3 Å². The normalized spacial score (nSPS) is 12.3. The van der Waals surface area contributed by atoms with Gasteiger partial charge in [0, 0.05) is 11.6 Å². The minimum Gasteiger partial charge on any atom is -0.478 e. The van der Waals surface area contributed by atoms with E-state index in [1.165, 1.54) is 19.1 Å². The fourth-order valence-corrected chi connectivity index (χ4v) is 1.76. The Morgan fingerprint density at radius 3 is 2.44 bits per heavy atom. The third-order valence-corrected chi connectivity index (χ3v) is 2.84. The fourth-order valence-electron chi connectivity index (χ4n) is 1.51. The predicted octanol–water partition coefficient (Wildman–Crippen LogP) is 2.47. The quantitative estimate of drug-likeness (QED) is 0.505. The first-order chi connectivity index (χ1) is 8.47. The Kier molecular flexibility index (Phi) is 4.80. The first-order valence-corrected chi connectivity index (χ1v) is 5.54. The number of alkyl halides is 1. The van der Waals surface area contributed by atoms with Crippen LogP contribution in [0.4, 0.5) is 0 Å². The molecule has 0 radical (unpaired) electrons. The van der Waals surface area contributed by atoms with Gasteiger partial charge in [0.05, 0.1) is 0 Å². The molecule has 94 valence electrons. The van der Waals surface area contributed by atoms with Crippen LogP contribution in [0.5, 0.6) is 0 Å². The highest BCUT2D eigenvalue weighted by atomic mass is 35.5. The molecule has 1 unspecified atom stereocenters. The number of rotatable bonds is 5. The highest BCUT2D eigenvalue weighted by Gasteiger charge is 2.19. The van der Waals surface area contributed by atoms with E-state index in [-0.39, 0.29) is 11.3 Å². The predicted molar refractivity (Wildman–Crippen MR) is 67.8 cm³/mol. The molecule has 0 aliphatic heterocycles. The van der Waals surface area contributed by atoms with Crippen molar-refractivity contribution in [1.29, 1.82) is 0 Å². The lowest BCUT2D eigenvalue weighted by atomic mass is 9.96. The summed E-state index contributed by atoms with van der Waals surface area (Å²) in [6.45, 7) is 1.31. The van der Waals surface area contributed by atoms with Crippen LogP contribution in [-0.4, -0.2) is 23.1 Å². The number of halogens is 1. The minimum atomic E-state index is -1.12. The molecule has 1 aromatic carbocycles. The molecule has 0 aliphatic rings. The maximum atomic E-state index is 11.3. The Bertz CT molecular complexity index is 520. The second-order valence-electron chi connectivity index (χ2n) is 3.61. The van der Waals surface area contributed by atoms with Crippen LogP contribution < -0.4 is 0 Å². The molecule has 5 heteroatoms. The zero-order valence-corrected chi connectivity index (χ0v) is 10.3. The third kappa shape index (κ3) is 3.28. The molecule has 0 spiro atoms. The number of carbonyl (C=O) groups is 3. The van der Waals surface area contributed by atoms with Crippen LogP contribution in [0.2, 0.25) is 0 Å². The highest BCUT2D eigenvalue weighted by Crippen LogP contribution is 2.28. The molecular formula is C13H11ClO4. The first-order valence-electron chi connectivity index (χ1n) is 5.11. The van der Waals surface area contributed by atoms with Crippen LogP contribution >= 0.6 is 11.6 Å². The number of carboxylic acids is 1. The highest BCUT2D eigenvalue weighted by molar-refractivity contribution is 6.31. The summed E-state index contributed by atoms with van der Waals surface area (Å²) < 4.78 is 0. The van der Waals surface area contributed by atoms with Gasteiger partial charge in [-0.05, 0) is 24.1 Å². The number of aliphatic carboxylic acids is 1. The van der Waals surface area contributed by atoms with E-state index in [9.17, 15) is 14.4 Å². The van der Waals surface area contributed by atoms with Crippen LogP contribution in [0.3, 0.4) is 0 Å². The summed E-state index contributed by atoms with van der Waals surface area (Å²) in [7, 11) is 0. The van der Waals surface area contributed by atoms with E-state index in [2.05, 4.69) is 0 Å². The van der Waals surface area contributed by atoms with Gasteiger partial charge < -0.3 is 5.11 Å². The number of benzene rings is 1. The smallest absolute Gasteiger partial charge is 0.328 e. The van der Waals surface area contributed by atoms with Gasteiger partial charge >= 0.3 is 5.97 Å². The molecule has 1 rings (SSSR count). The van der Waals surface area contributed by atoms with Crippen LogP contribution in [0.15, 0.2) is 24.3 Å². The summed E-state index contributed by atoms with van der Waals surface area (Å²) in [5.74, 6) is -1.43. The minimum absolute atomic E-state index is 0.276. The van der Waals surface area contributed by atoms with E-state index < -0.39 is 11.3 Å². The molecule has 0 amide bonds. The second kappa shape index (κ2) is 6.12. The van der Waals surface area contributed by atoms with Gasteiger partial charge in [0.15, 0.2) is 5.78 Å². The SMILES string of the molecule is CC(=O)C(Cl)c1c(C=O)cccc1C=CC(=O)O. The lowest BCUT2D eigenvalue weighted by molar-refractivity contribution is -0.131. The fraction of sp³-hybridized carbons (Fsp3) is 0.154. The molecule has 0 aliphatic carbocycles. The lowest BCUT2D eigenvalue weighted by Crippen LogP contribution is -2.07. The number of Topliss-reactive ketones (excluding diaryl/α,β-unsaturated/α-hetero) is 1. The van der Waals surface area contributed by atoms with Crippen LogP contribution in [0.25, 0.3) is 6.08 Å². The molecule has 0 aromatic heterocycles. The van der Waals surface area contributed by atoms with Crippen molar-refractivity contribution < 1.29 is 19.5 Å². The zero-order chi connectivity index (χ0) is 13.7. The Morgan fingerprint density at radius 2 is 1.94 bits per heavy atom. The number of hydrogen-bond donors (Lipinski definition) is 1. The molecule has 0 saturated carbocycles. The molecule has 0 saturated heterocycles. The number of ketones is 1. The van der Waals surface area contributed by atoms with Gasteiger partial charge in [-0.2, -0.15) is 0 Å². The van der Waals surface area contributed by atoms with Crippen molar-refractivity contribution in [3.63, 3.8) is 0 Å². The molecule has 18 heavy (non-hydrogen) atoms. The number of carbonyl (C=O) groups excluding carboxylic acids is 2. The van der Waals surface area contributed by atoms with E-state index in [0.717, 1.165) is 6.08 Å². The maximum Gasteiger partial charge on any atom is 0.328 e. The molecule has 0 fully saturated rings. The molecule has 1 atom stereocenters. The van der Waals surface area contributed by atoms with Gasteiger partial charge in [0.1, 0.15) is 11.7 Å². The summed E-state index contributed by atoms with van der Waals surface area (Å²) in [5, 5.41) is 7.61. The standard InChI is InChI=1S/C13H11ClO4/c1-8(16)13(14)12-9(5-6-11(17)18)3-2-4-10(12)7-15/h2-7,13H,1H3,(H,17,18). The van der Waals surface area contributed by atoms with Crippen molar-refractivity contribution in [2.24, 2.45) is 0 Å². The Morgan fingerprint density at radius 1 is 1.33 bits per heavy atom. The largest absolute Gasteiger partial charge is 0.478 e. The average molecular weight is 267 g/mol. The zero-order valence-electron chi connectivity index (χ0n) is 9.59. The lowest BCUT2D eigenvalue weighted by Gasteiger charge is -2.12. The van der Waals surface area contributed by atoms with Gasteiger partial charge in [0.25, 0.3) is 0 Å². The number of carboxylic acid groups (broad SMARTS) is 1. The summed E-state index contributed by atoms with van der Waals surface area (Å²) in [6.07, 6.45) is 2.83. The van der Waals surface area contributed by atoms with Crippen molar-refractivity contribution >= 4 is 35.7 Å². The van der Waals surface area contributed by atoms with Gasteiger partial charge in [0.2, 0.25) is 0 Å². The first kappa shape index (κ1) is 14.1. The van der Waals surface area contributed by atoms with Gasteiger partial charge in [-0.1, -0.05) is 18.2 Å². The van der Waals surface area contributed by atoms with Gasteiger partial charge in [-0.15, -0.1) is 11.6 Å². The second-order valence-corrected chi connectivity index (χ2v) is 4.05. The van der Waals surface area contributed by atoms with E-state index in [1.807, 2.05) is 0 Å². The van der Waals surface area contributed by atoms with Crippen LogP contribution in [0.1, 0.15) is 33.8 Å². The topological polar surface area (TPSA) is 71.4 Å². The molecule has 0 bridgehead atoms. The average Bonchev–Trinajstić information content (AvgIpc) is 2.34. The molecule has 4 nitrogen and oxygen atoms in total. The number of hydrogen-bond acceptors (Lipinski definition) is 3. The van der Waals surface area contributed by atoms with Crippen LogP contribution in [0, 0.1) is 0 Å². The van der Waals surface area contributed by atoms with E-state index in [0.29, 0.717) is 17.4 Å². The van der Waals surface area contributed by atoms with Crippen molar-refractivity contribution in [3.05, 3.63) is 41.0 Å². The van der Waals surface area contributed by atoms with Gasteiger partial charge in [-0.3, -0.25) is 9.59 Å². The Labute approximate surface area is 109 Å². The Hall–Kier alpha value is -1.94. The van der Waals surface area contributed by atoms with E-state index >= 15 is 0 Å². The van der Waals surface area contributed by atoms with Crippen molar-refractivity contribution in [1.82, 2.24) is 0 Å². The monoisotopic (exact) mass is 266 g/mol. The van der Waals surface area contributed by atoms with E-state index in [4.69, 9.17) is 16.7 Å². The maximum absolute atomic E-state index is 11.3. The van der Waals surface area contributed by atoms with Crippen LogP contribution in [-0.2, 0) is 9.59 Å².